The van der Waals surface area contributed by atoms with Crippen LogP contribution >= 0.6 is 0 Å². The van der Waals surface area contributed by atoms with Gasteiger partial charge in [-0.25, -0.2) is 5.10 Å². The molecule has 1 amide bonds. The number of hydrogen-bond donors (Lipinski definition) is 2. The van der Waals surface area contributed by atoms with E-state index in [0.29, 0.717) is 35.4 Å². The first-order valence-electron chi connectivity index (χ1n) is 8.60. The molecule has 0 unspecified atom stereocenters. The van der Waals surface area contributed by atoms with Crippen molar-refractivity contribution in [2.75, 3.05) is 32.1 Å². The molecular formula is C19H22N4O4. The van der Waals surface area contributed by atoms with E-state index in [0.717, 1.165) is 5.75 Å². The van der Waals surface area contributed by atoms with Crippen molar-refractivity contribution in [2.24, 2.45) is 0 Å². The third-order valence-electron chi connectivity index (χ3n) is 4.15. The third-order valence-corrected chi connectivity index (χ3v) is 4.15. The highest BCUT2D eigenvalue weighted by Gasteiger charge is 2.19. The van der Waals surface area contributed by atoms with Crippen LogP contribution in [0.3, 0.4) is 0 Å². The molecule has 0 spiro atoms. The van der Waals surface area contributed by atoms with Gasteiger partial charge in [0.2, 0.25) is 11.8 Å². The number of hydrogen-bond acceptors (Lipinski definition) is 6. The van der Waals surface area contributed by atoms with Gasteiger partial charge in [-0.3, -0.25) is 19.8 Å². The summed E-state index contributed by atoms with van der Waals surface area (Å²) in [5, 5.41) is 9.95. The Kier molecular flexibility index (Phi) is 5.56. The Bertz CT molecular complexity index is 994. The lowest BCUT2D eigenvalue weighted by molar-refractivity contribution is -0.117. The number of likely N-dealkylation sites (N-methyl/N-ethyl adjacent to an activating group) is 1. The summed E-state index contributed by atoms with van der Waals surface area (Å²) in [5.41, 5.74) is 0.244. The number of nitrogens with one attached hydrogen (secondary N) is 2. The molecule has 0 bridgehead atoms. The van der Waals surface area contributed by atoms with Crippen LogP contribution in [-0.2, 0) is 4.79 Å². The maximum atomic E-state index is 12.3. The van der Waals surface area contributed by atoms with E-state index in [2.05, 4.69) is 15.5 Å². The molecule has 8 nitrogen and oxygen atoms in total. The maximum absolute atomic E-state index is 12.3. The molecule has 8 heteroatoms. The van der Waals surface area contributed by atoms with E-state index in [9.17, 15) is 9.59 Å². The van der Waals surface area contributed by atoms with Crippen LogP contribution in [0.15, 0.2) is 39.5 Å². The van der Waals surface area contributed by atoms with Gasteiger partial charge in [0.1, 0.15) is 23.5 Å². The zero-order valence-electron chi connectivity index (χ0n) is 15.5. The number of carbonyl (C=O) groups excluding carboxylic acids is 1. The van der Waals surface area contributed by atoms with Crippen LogP contribution in [0.1, 0.15) is 11.5 Å². The van der Waals surface area contributed by atoms with Crippen molar-refractivity contribution in [3.63, 3.8) is 0 Å². The Balaban J connectivity index is 1.59. The van der Waals surface area contributed by atoms with Gasteiger partial charge in [-0.2, -0.15) is 5.10 Å². The summed E-state index contributed by atoms with van der Waals surface area (Å²) in [6.45, 7) is 4.68. The van der Waals surface area contributed by atoms with E-state index >= 15 is 0 Å². The summed E-state index contributed by atoms with van der Waals surface area (Å²) in [7, 11) is 1.82. The van der Waals surface area contributed by atoms with E-state index in [-0.39, 0.29) is 18.3 Å². The monoisotopic (exact) mass is 370 g/mol. The van der Waals surface area contributed by atoms with Crippen LogP contribution in [0.25, 0.3) is 10.8 Å². The van der Waals surface area contributed by atoms with Crippen LogP contribution < -0.4 is 15.6 Å². The highest BCUT2D eigenvalue weighted by Crippen LogP contribution is 2.28. The van der Waals surface area contributed by atoms with Crippen LogP contribution in [0, 0.1) is 13.8 Å². The SMILES string of the molecule is Cc1n[nH]c(=O)c2c(NC(=O)CN(C)CCOc3ccccc3)oc(C)c12. The highest BCUT2D eigenvalue weighted by atomic mass is 16.5. The lowest BCUT2D eigenvalue weighted by Crippen LogP contribution is -2.33. The van der Waals surface area contributed by atoms with Crippen molar-refractivity contribution in [1.29, 1.82) is 0 Å². The lowest BCUT2D eigenvalue weighted by atomic mass is 10.2. The predicted octanol–water partition coefficient (Wildman–Crippen LogP) is 2.08. The second kappa shape index (κ2) is 8.05. The van der Waals surface area contributed by atoms with Gasteiger partial charge in [-0.1, -0.05) is 18.2 Å². The number of anilines is 1. The molecule has 0 saturated heterocycles. The molecule has 0 aliphatic heterocycles. The van der Waals surface area contributed by atoms with Gasteiger partial charge in [0.15, 0.2) is 0 Å². The molecule has 0 fully saturated rings. The summed E-state index contributed by atoms with van der Waals surface area (Å²) >= 11 is 0. The molecule has 3 rings (SSSR count). The number of aromatic amines is 1. The number of aromatic nitrogens is 2. The van der Waals surface area contributed by atoms with Gasteiger partial charge in [-0.15, -0.1) is 0 Å². The normalized spacial score (nSPS) is 11.1. The van der Waals surface area contributed by atoms with Gasteiger partial charge in [-0.05, 0) is 33.0 Å². The molecule has 2 heterocycles. The topological polar surface area (TPSA) is 100 Å². The minimum Gasteiger partial charge on any atom is -0.492 e. The smallest absolute Gasteiger partial charge is 0.277 e. The number of benzene rings is 1. The van der Waals surface area contributed by atoms with E-state index in [1.54, 1.807) is 13.8 Å². The summed E-state index contributed by atoms with van der Waals surface area (Å²) in [4.78, 5) is 26.2. The number of carbonyl (C=O) groups is 1. The largest absolute Gasteiger partial charge is 0.492 e. The molecule has 0 radical (unpaired) electrons. The molecule has 3 aromatic rings. The number of aryl methyl sites for hydroxylation is 2. The zero-order valence-corrected chi connectivity index (χ0v) is 15.5. The Hall–Kier alpha value is -3.13. The van der Waals surface area contributed by atoms with E-state index in [4.69, 9.17) is 9.15 Å². The Morgan fingerprint density at radius 2 is 2.00 bits per heavy atom. The van der Waals surface area contributed by atoms with Crippen LogP contribution in [0.2, 0.25) is 0 Å². The number of para-hydroxylation sites is 1. The van der Waals surface area contributed by atoms with Crippen LogP contribution in [0.5, 0.6) is 5.75 Å². The molecule has 2 N–H and O–H groups in total. The molecule has 142 valence electrons. The molecule has 0 saturated carbocycles. The number of furan rings is 1. The zero-order chi connectivity index (χ0) is 19.4. The third kappa shape index (κ3) is 4.35. The van der Waals surface area contributed by atoms with E-state index in [1.165, 1.54) is 0 Å². The molecule has 27 heavy (non-hydrogen) atoms. The molecule has 0 aliphatic rings. The maximum Gasteiger partial charge on any atom is 0.277 e. The van der Waals surface area contributed by atoms with Gasteiger partial charge in [0, 0.05) is 6.54 Å². The number of fused-ring (bicyclic) bond motifs is 1. The summed E-state index contributed by atoms with van der Waals surface area (Å²) in [5.74, 6) is 1.20. The van der Waals surface area contributed by atoms with Crippen molar-refractivity contribution in [1.82, 2.24) is 15.1 Å². The number of nitrogens with zero attached hydrogens (tertiary/aromatic N) is 2. The van der Waals surface area contributed by atoms with Crippen molar-refractivity contribution in [3.05, 3.63) is 52.1 Å². The summed E-state index contributed by atoms with van der Waals surface area (Å²) in [6, 6.07) is 9.49. The molecule has 1 aromatic carbocycles. The minimum absolute atomic E-state index is 0.140. The average molecular weight is 370 g/mol. The van der Waals surface area contributed by atoms with Crippen molar-refractivity contribution in [3.8, 4) is 5.75 Å². The summed E-state index contributed by atoms with van der Waals surface area (Å²) < 4.78 is 11.2. The van der Waals surface area contributed by atoms with E-state index < -0.39 is 5.56 Å². The fourth-order valence-electron chi connectivity index (χ4n) is 2.86. The first kappa shape index (κ1) is 18.7. The van der Waals surface area contributed by atoms with Gasteiger partial charge in [0.05, 0.1) is 17.6 Å². The Morgan fingerprint density at radius 1 is 1.26 bits per heavy atom. The average Bonchev–Trinajstić information content (AvgIpc) is 2.96. The predicted molar refractivity (Wildman–Crippen MR) is 102 cm³/mol. The highest BCUT2D eigenvalue weighted by molar-refractivity contribution is 6.01. The van der Waals surface area contributed by atoms with Gasteiger partial charge in [0.25, 0.3) is 5.56 Å². The Morgan fingerprint density at radius 3 is 2.74 bits per heavy atom. The van der Waals surface area contributed by atoms with Crippen molar-refractivity contribution < 1.29 is 13.9 Å². The quantitative estimate of drug-likeness (QED) is 0.660. The Labute approximate surface area is 156 Å². The second-order valence-electron chi connectivity index (χ2n) is 6.32. The number of rotatable bonds is 7. The van der Waals surface area contributed by atoms with Crippen molar-refractivity contribution >= 4 is 22.6 Å². The van der Waals surface area contributed by atoms with Gasteiger partial charge >= 0.3 is 0 Å². The van der Waals surface area contributed by atoms with E-state index in [1.807, 2.05) is 42.3 Å². The molecule has 2 aromatic heterocycles. The standard InChI is InChI=1S/C19H22N4O4/c1-12-16-13(2)27-19(17(16)18(25)22-21-12)20-15(24)11-23(3)9-10-26-14-7-5-4-6-8-14/h4-8H,9-11H2,1-3H3,(H,20,24)(H,22,25). The van der Waals surface area contributed by atoms with Crippen LogP contribution in [0.4, 0.5) is 5.88 Å². The second-order valence-corrected chi connectivity index (χ2v) is 6.32. The fraction of sp³-hybridized carbons (Fsp3) is 0.316. The number of H-pyrrole nitrogens is 1. The first-order chi connectivity index (χ1) is 13.0. The first-order valence-corrected chi connectivity index (χ1v) is 8.60. The molecular weight excluding hydrogens is 348 g/mol. The van der Waals surface area contributed by atoms with Crippen LogP contribution in [-0.4, -0.2) is 47.7 Å². The molecule has 0 atom stereocenters. The molecule has 0 aliphatic carbocycles. The number of amides is 1. The van der Waals surface area contributed by atoms with Gasteiger partial charge < -0.3 is 9.15 Å². The van der Waals surface area contributed by atoms with Crippen molar-refractivity contribution in [2.45, 2.75) is 13.8 Å². The fourth-order valence-corrected chi connectivity index (χ4v) is 2.86. The number of ether oxygens (including phenoxy) is 1. The summed E-state index contributed by atoms with van der Waals surface area (Å²) in [6.07, 6.45) is 0. The minimum atomic E-state index is -0.396. The lowest BCUT2D eigenvalue weighted by Gasteiger charge is -2.16.